The van der Waals surface area contributed by atoms with Crippen LogP contribution < -0.4 is 6.15 Å². The monoisotopic (exact) mass is 171 g/mol. The lowest BCUT2D eigenvalue weighted by atomic mass is 10.1. The lowest BCUT2D eigenvalue weighted by molar-refractivity contribution is 0.366. The van der Waals surface area contributed by atoms with Crippen LogP contribution in [0.1, 0.15) is 27.7 Å². The average Bonchev–Trinajstić information content (AvgIpc) is 2.32. The van der Waals surface area contributed by atoms with Crippen LogP contribution in [0.5, 0.6) is 0 Å². The first-order chi connectivity index (χ1) is 5.13. The summed E-state index contributed by atoms with van der Waals surface area (Å²) in [5, 5.41) is 0. The Morgan fingerprint density at radius 2 is 1.83 bits per heavy atom. The van der Waals surface area contributed by atoms with Crippen LogP contribution in [0.2, 0.25) is 0 Å². The highest BCUT2D eigenvalue weighted by Gasteiger charge is 2.21. The van der Waals surface area contributed by atoms with E-state index in [9.17, 15) is 0 Å². The van der Waals surface area contributed by atoms with Gasteiger partial charge in [0.05, 0.1) is 6.54 Å². The summed E-state index contributed by atoms with van der Waals surface area (Å²) in [5.74, 6) is 1.87. The van der Waals surface area contributed by atoms with Gasteiger partial charge in [-0.1, -0.05) is 13.8 Å². The second-order valence-corrected chi connectivity index (χ2v) is 3.68. The molecule has 0 amide bonds. The van der Waals surface area contributed by atoms with Crippen LogP contribution in [0, 0.1) is 5.92 Å². The topological polar surface area (TPSA) is 50.6 Å². The number of amidine groups is 1. The Labute approximate surface area is 75.4 Å². The Balaban J connectivity index is 0.00000121. The molecular weight excluding hydrogens is 150 g/mol. The van der Waals surface area contributed by atoms with E-state index in [1.165, 1.54) is 5.84 Å². The fourth-order valence-electron chi connectivity index (χ4n) is 1.51. The first-order valence-electron chi connectivity index (χ1n) is 4.44. The summed E-state index contributed by atoms with van der Waals surface area (Å²) < 4.78 is 0. The summed E-state index contributed by atoms with van der Waals surface area (Å²) in [5.41, 5.74) is 0. The van der Waals surface area contributed by atoms with Gasteiger partial charge in [0.1, 0.15) is 5.84 Å². The summed E-state index contributed by atoms with van der Waals surface area (Å²) in [6.45, 7) is 11.0. The molecule has 12 heavy (non-hydrogen) atoms. The van der Waals surface area contributed by atoms with Crippen molar-refractivity contribution in [3.63, 3.8) is 0 Å². The zero-order valence-corrected chi connectivity index (χ0v) is 8.67. The van der Waals surface area contributed by atoms with E-state index in [-0.39, 0.29) is 6.15 Å². The largest absolute Gasteiger partial charge is 0.356 e. The van der Waals surface area contributed by atoms with Crippen molar-refractivity contribution in [2.75, 3.05) is 13.1 Å². The summed E-state index contributed by atoms with van der Waals surface area (Å²) in [4.78, 5) is 6.87. The Hall–Kier alpha value is -0.570. The Morgan fingerprint density at radius 3 is 2.17 bits per heavy atom. The third-order valence-electron chi connectivity index (χ3n) is 2.05. The van der Waals surface area contributed by atoms with Crippen molar-refractivity contribution in [3.05, 3.63) is 0 Å². The Bertz CT molecular complexity index is 161. The van der Waals surface area contributed by atoms with Gasteiger partial charge in [0.15, 0.2) is 0 Å². The van der Waals surface area contributed by atoms with Crippen molar-refractivity contribution in [2.24, 2.45) is 10.9 Å². The van der Waals surface area contributed by atoms with Gasteiger partial charge in [0.2, 0.25) is 0 Å². The third kappa shape index (κ3) is 2.21. The van der Waals surface area contributed by atoms with Crippen molar-refractivity contribution in [3.8, 4) is 0 Å². The molecule has 0 saturated carbocycles. The molecule has 0 aliphatic carbocycles. The molecule has 0 atom stereocenters. The van der Waals surface area contributed by atoms with Crippen molar-refractivity contribution >= 4 is 5.84 Å². The van der Waals surface area contributed by atoms with Crippen molar-refractivity contribution < 1.29 is 0 Å². The Morgan fingerprint density at radius 1 is 1.25 bits per heavy atom. The minimum Gasteiger partial charge on any atom is -0.356 e. The van der Waals surface area contributed by atoms with Crippen LogP contribution in [-0.4, -0.2) is 29.9 Å². The number of rotatable bonds is 2. The van der Waals surface area contributed by atoms with Gasteiger partial charge < -0.3 is 11.1 Å². The van der Waals surface area contributed by atoms with Gasteiger partial charge in [-0.2, -0.15) is 0 Å². The van der Waals surface area contributed by atoms with Gasteiger partial charge in [0.25, 0.3) is 0 Å². The number of hydrogen-bond acceptors (Lipinski definition) is 3. The summed E-state index contributed by atoms with van der Waals surface area (Å²) in [6.07, 6.45) is 0. The SMILES string of the molecule is CC(C)C1=NCCN1C(C)C.N. The second kappa shape index (κ2) is 4.45. The van der Waals surface area contributed by atoms with E-state index in [1.807, 2.05) is 0 Å². The number of hydrogen-bond donors (Lipinski definition) is 1. The molecule has 0 aromatic heterocycles. The first-order valence-corrected chi connectivity index (χ1v) is 4.44. The van der Waals surface area contributed by atoms with E-state index >= 15 is 0 Å². The lowest BCUT2D eigenvalue weighted by Gasteiger charge is -2.26. The fraction of sp³-hybridized carbons (Fsp3) is 0.889. The van der Waals surface area contributed by atoms with Crippen molar-refractivity contribution in [1.82, 2.24) is 11.1 Å². The van der Waals surface area contributed by atoms with E-state index in [0.29, 0.717) is 12.0 Å². The number of aliphatic imine (C=N–C) groups is 1. The number of nitrogens with zero attached hydrogens (tertiary/aromatic N) is 2. The van der Waals surface area contributed by atoms with E-state index in [2.05, 4.69) is 37.6 Å². The van der Waals surface area contributed by atoms with E-state index in [1.54, 1.807) is 0 Å². The maximum atomic E-state index is 4.48. The molecule has 1 heterocycles. The van der Waals surface area contributed by atoms with E-state index in [4.69, 9.17) is 0 Å². The van der Waals surface area contributed by atoms with E-state index in [0.717, 1.165) is 13.1 Å². The minimum absolute atomic E-state index is 0. The van der Waals surface area contributed by atoms with Crippen LogP contribution in [0.15, 0.2) is 4.99 Å². The van der Waals surface area contributed by atoms with Gasteiger partial charge in [0, 0.05) is 18.5 Å². The fourth-order valence-corrected chi connectivity index (χ4v) is 1.51. The van der Waals surface area contributed by atoms with Crippen LogP contribution in [0.4, 0.5) is 0 Å². The molecule has 3 nitrogen and oxygen atoms in total. The molecule has 1 rings (SSSR count). The van der Waals surface area contributed by atoms with Crippen molar-refractivity contribution in [1.29, 1.82) is 0 Å². The maximum Gasteiger partial charge on any atom is 0.102 e. The molecule has 0 saturated heterocycles. The predicted molar refractivity (Wildman–Crippen MR) is 54.0 cm³/mol. The van der Waals surface area contributed by atoms with Gasteiger partial charge in [-0.3, -0.25) is 4.99 Å². The highest BCUT2D eigenvalue weighted by Crippen LogP contribution is 2.12. The molecule has 3 heteroatoms. The molecule has 0 unspecified atom stereocenters. The molecule has 0 bridgehead atoms. The summed E-state index contributed by atoms with van der Waals surface area (Å²) >= 11 is 0. The minimum atomic E-state index is 0. The van der Waals surface area contributed by atoms with E-state index < -0.39 is 0 Å². The summed E-state index contributed by atoms with van der Waals surface area (Å²) in [7, 11) is 0. The van der Waals surface area contributed by atoms with Crippen molar-refractivity contribution in [2.45, 2.75) is 33.7 Å². The standard InChI is InChI=1S/C9H18N2.H3N/c1-7(2)9-10-5-6-11(9)8(3)4;/h7-8H,5-6H2,1-4H3;1H3. The maximum absolute atomic E-state index is 4.48. The molecule has 0 spiro atoms. The Kier molecular flexibility index (Phi) is 4.24. The van der Waals surface area contributed by atoms with Gasteiger partial charge in [-0.05, 0) is 13.8 Å². The third-order valence-corrected chi connectivity index (χ3v) is 2.05. The molecule has 1 aliphatic rings. The van der Waals surface area contributed by atoms with Gasteiger partial charge in [-0.25, -0.2) is 0 Å². The predicted octanol–water partition coefficient (Wildman–Crippen LogP) is 1.93. The average molecular weight is 171 g/mol. The molecule has 0 aromatic carbocycles. The zero-order valence-electron chi connectivity index (χ0n) is 8.67. The molecule has 0 fully saturated rings. The molecule has 72 valence electrons. The molecular formula is C9H21N3. The lowest BCUT2D eigenvalue weighted by Crippen LogP contribution is -2.36. The van der Waals surface area contributed by atoms with Crippen LogP contribution >= 0.6 is 0 Å². The second-order valence-electron chi connectivity index (χ2n) is 3.68. The van der Waals surface area contributed by atoms with Gasteiger partial charge in [-0.15, -0.1) is 0 Å². The molecule has 1 aliphatic heterocycles. The molecule has 3 N–H and O–H groups in total. The smallest absolute Gasteiger partial charge is 0.102 e. The highest BCUT2D eigenvalue weighted by atomic mass is 15.3. The van der Waals surface area contributed by atoms with Crippen LogP contribution in [0.25, 0.3) is 0 Å². The first kappa shape index (κ1) is 11.4. The normalized spacial score (nSPS) is 16.8. The molecule has 0 aromatic rings. The van der Waals surface area contributed by atoms with Gasteiger partial charge >= 0.3 is 0 Å². The van der Waals surface area contributed by atoms with Crippen LogP contribution in [-0.2, 0) is 0 Å². The quantitative estimate of drug-likeness (QED) is 0.690. The zero-order chi connectivity index (χ0) is 8.43. The molecule has 0 radical (unpaired) electrons. The summed E-state index contributed by atoms with van der Waals surface area (Å²) in [6, 6.07) is 0.610. The highest BCUT2D eigenvalue weighted by molar-refractivity contribution is 5.85. The van der Waals surface area contributed by atoms with Crippen LogP contribution in [0.3, 0.4) is 0 Å².